The number of benzene rings is 2. The third kappa shape index (κ3) is 3.95. The maximum atomic E-state index is 11.5. The van der Waals surface area contributed by atoms with E-state index in [9.17, 15) is 8.42 Å². The van der Waals surface area contributed by atoms with Gasteiger partial charge in [-0.05, 0) is 54.7 Å². The van der Waals surface area contributed by atoms with Crippen LogP contribution >= 0.6 is 0 Å². The molecule has 1 aliphatic carbocycles. The number of hydrogen-bond donors (Lipinski definition) is 3. The Morgan fingerprint density at radius 2 is 2.07 bits per heavy atom. The van der Waals surface area contributed by atoms with Crippen LogP contribution in [0.4, 0.5) is 11.4 Å². The van der Waals surface area contributed by atoms with Gasteiger partial charge in [0.25, 0.3) is 0 Å². The Balaban J connectivity index is 1.28. The van der Waals surface area contributed by atoms with Gasteiger partial charge in [-0.25, -0.2) is 8.42 Å². The van der Waals surface area contributed by atoms with Crippen LogP contribution < -0.4 is 10.0 Å². The molecule has 1 saturated heterocycles. The Labute approximate surface area is 170 Å². The van der Waals surface area contributed by atoms with E-state index in [0.29, 0.717) is 23.7 Å². The van der Waals surface area contributed by atoms with Crippen molar-refractivity contribution in [1.29, 1.82) is 0 Å². The van der Waals surface area contributed by atoms with Crippen LogP contribution in [0.25, 0.3) is 10.9 Å². The predicted octanol–water partition coefficient (Wildman–Crippen LogP) is 3.01. The minimum absolute atomic E-state index is 0.426. The number of H-pyrrole nitrogens is 1. The van der Waals surface area contributed by atoms with E-state index in [2.05, 4.69) is 49.4 Å². The number of aromatic amines is 1. The molecule has 3 aromatic rings. The molecule has 2 bridgehead atoms. The van der Waals surface area contributed by atoms with Crippen molar-refractivity contribution in [2.45, 2.75) is 31.5 Å². The number of sulfonamides is 1. The van der Waals surface area contributed by atoms with Crippen molar-refractivity contribution < 1.29 is 8.42 Å². The average molecular weight is 412 g/mol. The van der Waals surface area contributed by atoms with E-state index in [4.69, 9.17) is 0 Å². The number of piperidine rings is 1. The summed E-state index contributed by atoms with van der Waals surface area (Å²) in [6.45, 7) is 1.94. The molecule has 0 spiro atoms. The lowest BCUT2D eigenvalue weighted by Gasteiger charge is -2.34. The Morgan fingerprint density at radius 3 is 2.90 bits per heavy atom. The van der Waals surface area contributed by atoms with Crippen LogP contribution in [-0.2, 0) is 16.6 Å². The molecule has 3 N–H and O–H groups in total. The largest absolute Gasteiger partial charge is 0.381 e. The molecular formula is C21H25N5O2S. The van der Waals surface area contributed by atoms with E-state index in [-0.39, 0.29) is 0 Å². The highest BCUT2D eigenvalue weighted by molar-refractivity contribution is 7.92. The molecule has 2 heterocycles. The quantitative estimate of drug-likeness (QED) is 0.580. The molecule has 1 aromatic heterocycles. The molecule has 8 heteroatoms. The van der Waals surface area contributed by atoms with Crippen LogP contribution in [0, 0.1) is 5.92 Å². The van der Waals surface area contributed by atoms with Gasteiger partial charge in [0.2, 0.25) is 10.0 Å². The number of nitrogens with one attached hydrogen (secondary N) is 3. The number of fused-ring (bicyclic) bond motifs is 3. The molecule has 1 saturated carbocycles. The molecule has 152 valence electrons. The first-order valence-corrected chi connectivity index (χ1v) is 11.8. The fourth-order valence-corrected chi connectivity index (χ4v) is 5.46. The molecule has 29 heavy (non-hydrogen) atoms. The molecule has 5 rings (SSSR count). The molecule has 3 atom stereocenters. The summed E-state index contributed by atoms with van der Waals surface area (Å²) in [6, 6.07) is 14.9. The molecule has 1 aliphatic heterocycles. The van der Waals surface area contributed by atoms with Crippen molar-refractivity contribution in [3.63, 3.8) is 0 Å². The Hall–Kier alpha value is -2.58. The van der Waals surface area contributed by atoms with E-state index in [1.54, 1.807) is 6.07 Å². The maximum Gasteiger partial charge on any atom is 0.229 e. The van der Waals surface area contributed by atoms with Crippen LogP contribution in [0.5, 0.6) is 0 Å². The average Bonchev–Trinajstić information content (AvgIpc) is 3.35. The van der Waals surface area contributed by atoms with Crippen molar-refractivity contribution in [2.24, 2.45) is 5.92 Å². The van der Waals surface area contributed by atoms with Crippen molar-refractivity contribution in [1.82, 2.24) is 15.1 Å². The van der Waals surface area contributed by atoms with E-state index in [1.165, 1.54) is 19.1 Å². The van der Waals surface area contributed by atoms with E-state index in [0.717, 1.165) is 35.2 Å². The zero-order valence-corrected chi connectivity index (χ0v) is 17.1. The SMILES string of the molecule is CS(=O)(=O)Nc1cccc(CN2C[C@H]3C[C@H](Nc4ccc5[nH]ncc5c4)[C@@H]2C3)c1. The van der Waals surface area contributed by atoms with Gasteiger partial charge in [0.05, 0.1) is 18.0 Å². The third-order valence-corrected chi connectivity index (χ3v) is 6.60. The second-order valence-electron chi connectivity index (χ2n) is 8.33. The second kappa shape index (κ2) is 7.03. The summed E-state index contributed by atoms with van der Waals surface area (Å²) in [5, 5.41) is 11.9. The highest BCUT2D eigenvalue weighted by Crippen LogP contribution is 2.40. The number of likely N-dealkylation sites (tertiary alicyclic amines) is 1. The molecule has 0 radical (unpaired) electrons. The molecular weight excluding hydrogens is 386 g/mol. The topological polar surface area (TPSA) is 90.1 Å². The zero-order chi connectivity index (χ0) is 20.0. The van der Waals surface area contributed by atoms with Crippen molar-refractivity contribution >= 4 is 32.3 Å². The van der Waals surface area contributed by atoms with Crippen molar-refractivity contribution in [3.8, 4) is 0 Å². The van der Waals surface area contributed by atoms with Gasteiger partial charge in [-0.1, -0.05) is 12.1 Å². The second-order valence-corrected chi connectivity index (χ2v) is 10.1. The lowest BCUT2D eigenvalue weighted by molar-refractivity contribution is 0.193. The highest BCUT2D eigenvalue weighted by Gasteiger charge is 2.44. The Morgan fingerprint density at radius 1 is 1.17 bits per heavy atom. The number of aromatic nitrogens is 2. The molecule has 0 unspecified atom stereocenters. The predicted molar refractivity (Wildman–Crippen MR) is 115 cm³/mol. The van der Waals surface area contributed by atoms with Gasteiger partial charge in [-0.15, -0.1) is 0 Å². The van der Waals surface area contributed by atoms with Crippen LogP contribution in [0.3, 0.4) is 0 Å². The molecule has 2 aliphatic rings. The number of nitrogens with zero attached hydrogens (tertiary/aromatic N) is 2. The molecule has 7 nitrogen and oxygen atoms in total. The van der Waals surface area contributed by atoms with E-state index in [1.807, 2.05) is 18.3 Å². The standard InChI is InChI=1S/C21H25N5O2S/c1-29(27,28)25-18-4-2-3-14(7-18)12-26-13-15-8-20(21(26)9-15)23-17-5-6-19-16(10-17)11-22-24-19/h2-7,10-11,15,20-21,23,25H,8-9,12-13H2,1H3,(H,22,24)/t15-,20-,21-/m0/s1. The van der Waals surface area contributed by atoms with Crippen LogP contribution in [0.15, 0.2) is 48.7 Å². The maximum absolute atomic E-state index is 11.5. The van der Waals surface area contributed by atoms with Crippen LogP contribution in [0.2, 0.25) is 0 Å². The number of rotatable bonds is 6. The monoisotopic (exact) mass is 411 g/mol. The number of hydrogen-bond acceptors (Lipinski definition) is 5. The normalized spacial score (nSPS) is 24.2. The Bertz CT molecular complexity index is 1140. The minimum atomic E-state index is -3.26. The van der Waals surface area contributed by atoms with Gasteiger partial charge < -0.3 is 5.32 Å². The minimum Gasteiger partial charge on any atom is -0.381 e. The molecule has 2 aromatic carbocycles. The van der Waals surface area contributed by atoms with Gasteiger partial charge in [-0.2, -0.15) is 5.10 Å². The van der Waals surface area contributed by atoms with Crippen molar-refractivity contribution in [3.05, 3.63) is 54.2 Å². The summed E-state index contributed by atoms with van der Waals surface area (Å²) in [5.74, 6) is 0.715. The first kappa shape index (κ1) is 18.4. The first-order valence-electron chi connectivity index (χ1n) is 9.93. The summed E-state index contributed by atoms with van der Waals surface area (Å²) in [4.78, 5) is 2.53. The van der Waals surface area contributed by atoms with Crippen LogP contribution in [-0.4, -0.2) is 48.4 Å². The van der Waals surface area contributed by atoms with Gasteiger partial charge in [0, 0.05) is 41.9 Å². The summed E-state index contributed by atoms with van der Waals surface area (Å²) in [6.07, 6.45) is 5.44. The van der Waals surface area contributed by atoms with E-state index < -0.39 is 10.0 Å². The van der Waals surface area contributed by atoms with Gasteiger partial charge >= 0.3 is 0 Å². The summed E-state index contributed by atoms with van der Waals surface area (Å²) < 4.78 is 25.6. The smallest absolute Gasteiger partial charge is 0.229 e. The zero-order valence-electron chi connectivity index (χ0n) is 16.3. The molecule has 2 fully saturated rings. The lowest BCUT2D eigenvalue weighted by atomic mass is 10.0. The first-order chi connectivity index (χ1) is 13.9. The van der Waals surface area contributed by atoms with E-state index >= 15 is 0 Å². The lowest BCUT2D eigenvalue weighted by Crippen LogP contribution is -2.44. The summed E-state index contributed by atoms with van der Waals surface area (Å²) in [7, 11) is -3.26. The fraction of sp³-hybridized carbons (Fsp3) is 0.381. The molecule has 0 amide bonds. The van der Waals surface area contributed by atoms with Crippen molar-refractivity contribution in [2.75, 3.05) is 22.8 Å². The highest BCUT2D eigenvalue weighted by atomic mass is 32.2. The third-order valence-electron chi connectivity index (χ3n) is 6.00. The van der Waals surface area contributed by atoms with Gasteiger partial charge in [0.15, 0.2) is 0 Å². The van der Waals surface area contributed by atoms with Gasteiger partial charge in [0.1, 0.15) is 0 Å². The summed E-state index contributed by atoms with van der Waals surface area (Å²) in [5.41, 5.74) is 3.94. The Kier molecular flexibility index (Phi) is 4.48. The van der Waals surface area contributed by atoms with Gasteiger partial charge in [-0.3, -0.25) is 14.7 Å². The fourth-order valence-electron chi connectivity index (χ4n) is 4.90. The summed E-state index contributed by atoms with van der Waals surface area (Å²) >= 11 is 0. The number of anilines is 2. The van der Waals surface area contributed by atoms with Crippen LogP contribution in [0.1, 0.15) is 18.4 Å².